The fourth-order valence-electron chi connectivity index (χ4n) is 1.84. The van der Waals surface area contributed by atoms with Gasteiger partial charge < -0.3 is 0 Å². The van der Waals surface area contributed by atoms with Crippen LogP contribution in [0.4, 0.5) is 0 Å². The fraction of sp³-hybridized carbons (Fsp3) is 0.364. The highest BCUT2D eigenvalue weighted by atomic mass is 32.2. The van der Waals surface area contributed by atoms with Gasteiger partial charge in [-0.15, -0.1) is 0 Å². The van der Waals surface area contributed by atoms with E-state index in [2.05, 4.69) is 4.18 Å². The molecule has 4 nitrogen and oxygen atoms in total. The van der Waals surface area contributed by atoms with E-state index in [1.807, 2.05) is 6.07 Å². The largest absolute Gasteiger partial charge is 0.294 e. The van der Waals surface area contributed by atoms with Crippen LogP contribution in [-0.4, -0.2) is 21.3 Å². The maximum absolute atomic E-state index is 11.5. The number of Topliss-reactive ketones (excluding diaryl/α,β-unsaturated/α-hetero) is 1. The van der Waals surface area contributed by atoms with Gasteiger partial charge in [-0.05, 0) is 23.6 Å². The Labute approximate surface area is 94.4 Å². The standard InChI is InChI=1S/C11H12O4S/c1-15-16(13,14)7-8-2-3-9-4-5-11(12)10(9)6-8/h2-3,6H,4-5,7H2,1H3. The Bertz CT molecular complexity index is 531. The van der Waals surface area contributed by atoms with Gasteiger partial charge in [0, 0.05) is 12.0 Å². The van der Waals surface area contributed by atoms with Crippen molar-refractivity contribution in [2.45, 2.75) is 18.6 Å². The zero-order valence-electron chi connectivity index (χ0n) is 8.89. The van der Waals surface area contributed by atoms with Crippen LogP contribution in [0.3, 0.4) is 0 Å². The van der Waals surface area contributed by atoms with Crippen LogP contribution in [0.1, 0.15) is 27.9 Å². The average Bonchev–Trinajstić information content (AvgIpc) is 2.60. The molecular formula is C11H12O4S. The molecule has 2 rings (SSSR count). The Balaban J connectivity index is 2.32. The number of hydrogen-bond donors (Lipinski definition) is 0. The highest BCUT2D eigenvalue weighted by molar-refractivity contribution is 7.85. The second-order valence-corrected chi connectivity index (χ2v) is 5.52. The second kappa shape index (κ2) is 3.99. The van der Waals surface area contributed by atoms with E-state index in [9.17, 15) is 13.2 Å². The van der Waals surface area contributed by atoms with Crippen molar-refractivity contribution in [1.82, 2.24) is 0 Å². The third kappa shape index (κ3) is 2.15. The van der Waals surface area contributed by atoms with Crippen LogP contribution in [0.15, 0.2) is 18.2 Å². The van der Waals surface area contributed by atoms with Crippen LogP contribution >= 0.6 is 0 Å². The number of carbonyl (C=O) groups excluding carboxylic acids is 1. The second-order valence-electron chi connectivity index (χ2n) is 3.78. The number of rotatable bonds is 3. The molecule has 86 valence electrons. The Kier molecular flexibility index (Phi) is 2.82. The molecule has 0 aromatic heterocycles. The Morgan fingerprint density at radius 2 is 2.06 bits per heavy atom. The SMILES string of the molecule is COS(=O)(=O)Cc1ccc2c(c1)C(=O)CC2. The molecule has 0 fully saturated rings. The van der Waals surface area contributed by atoms with E-state index >= 15 is 0 Å². The summed E-state index contributed by atoms with van der Waals surface area (Å²) < 4.78 is 26.9. The van der Waals surface area contributed by atoms with Gasteiger partial charge in [0.2, 0.25) is 0 Å². The van der Waals surface area contributed by atoms with Gasteiger partial charge in [-0.1, -0.05) is 12.1 Å². The topological polar surface area (TPSA) is 60.4 Å². The van der Waals surface area contributed by atoms with E-state index in [1.165, 1.54) is 0 Å². The number of benzene rings is 1. The number of carbonyl (C=O) groups is 1. The molecular weight excluding hydrogens is 228 g/mol. The Morgan fingerprint density at radius 1 is 1.31 bits per heavy atom. The number of aryl methyl sites for hydroxylation is 1. The first-order valence-electron chi connectivity index (χ1n) is 4.95. The van der Waals surface area contributed by atoms with Crippen LogP contribution in [0.25, 0.3) is 0 Å². The summed E-state index contributed by atoms with van der Waals surface area (Å²) in [7, 11) is -2.39. The van der Waals surface area contributed by atoms with Gasteiger partial charge in [0.15, 0.2) is 5.78 Å². The van der Waals surface area contributed by atoms with Crippen molar-refractivity contribution >= 4 is 15.9 Å². The minimum Gasteiger partial charge on any atom is -0.294 e. The molecule has 5 heteroatoms. The van der Waals surface area contributed by atoms with Crippen LogP contribution in [-0.2, 0) is 26.5 Å². The summed E-state index contributed by atoms with van der Waals surface area (Å²) in [6.45, 7) is 0. The summed E-state index contributed by atoms with van der Waals surface area (Å²) in [4.78, 5) is 11.5. The van der Waals surface area contributed by atoms with Crippen molar-refractivity contribution in [3.8, 4) is 0 Å². The van der Waals surface area contributed by atoms with Crippen LogP contribution in [0.2, 0.25) is 0 Å². The summed E-state index contributed by atoms with van der Waals surface area (Å²) in [5, 5.41) is 0. The van der Waals surface area contributed by atoms with Crippen molar-refractivity contribution in [2.24, 2.45) is 0 Å². The summed E-state index contributed by atoms with van der Waals surface area (Å²) in [6.07, 6.45) is 1.28. The van der Waals surface area contributed by atoms with Gasteiger partial charge in [-0.3, -0.25) is 8.98 Å². The van der Waals surface area contributed by atoms with Gasteiger partial charge in [-0.2, -0.15) is 8.42 Å². The van der Waals surface area contributed by atoms with E-state index in [0.717, 1.165) is 19.1 Å². The molecule has 0 unspecified atom stereocenters. The molecule has 1 aliphatic rings. The quantitative estimate of drug-likeness (QED) is 0.747. The maximum atomic E-state index is 11.5. The zero-order chi connectivity index (χ0) is 11.8. The number of fused-ring (bicyclic) bond motifs is 1. The van der Waals surface area contributed by atoms with Gasteiger partial charge in [0.25, 0.3) is 10.1 Å². The summed E-state index contributed by atoms with van der Waals surface area (Å²) in [5.41, 5.74) is 2.25. The van der Waals surface area contributed by atoms with E-state index in [1.54, 1.807) is 12.1 Å². The molecule has 0 heterocycles. The van der Waals surface area contributed by atoms with Crippen molar-refractivity contribution in [1.29, 1.82) is 0 Å². The van der Waals surface area contributed by atoms with Gasteiger partial charge >= 0.3 is 0 Å². The smallest absolute Gasteiger partial charge is 0.271 e. The van der Waals surface area contributed by atoms with Crippen LogP contribution < -0.4 is 0 Å². The molecule has 0 atom stereocenters. The molecule has 16 heavy (non-hydrogen) atoms. The van der Waals surface area contributed by atoms with Gasteiger partial charge in [0.1, 0.15) is 5.75 Å². The molecule has 0 N–H and O–H groups in total. The van der Waals surface area contributed by atoms with Gasteiger partial charge in [0.05, 0.1) is 7.11 Å². The maximum Gasteiger partial charge on any atom is 0.271 e. The lowest BCUT2D eigenvalue weighted by Crippen LogP contribution is -2.06. The monoisotopic (exact) mass is 240 g/mol. The first-order chi connectivity index (χ1) is 7.52. The Morgan fingerprint density at radius 3 is 2.75 bits per heavy atom. The van der Waals surface area contributed by atoms with Crippen LogP contribution in [0, 0.1) is 0 Å². The van der Waals surface area contributed by atoms with Crippen molar-refractivity contribution in [3.63, 3.8) is 0 Å². The van der Waals surface area contributed by atoms with E-state index in [-0.39, 0.29) is 11.5 Å². The zero-order valence-corrected chi connectivity index (χ0v) is 9.71. The van der Waals surface area contributed by atoms with Gasteiger partial charge in [-0.25, -0.2) is 0 Å². The minimum absolute atomic E-state index is 0.0895. The van der Waals surface area contributed by atoms with E-state index in [0.29, 0.717) is 17.5 Å². The predicted octanol–water partition coefficient (Wildman–Crippen LogP) is 1.29. The number of hydrogen-bond acceptors (Lipinski definition) is 4. The highest BCUT2D eigenvalue weighted by Crippen LogP contribution is 2.23. The average molecular weight is 240 g/mol. The molecule has 0 bridgehead atoms. The first-order valence-corrected chi connectivity index (χ1v) is 6.53. The first kappa shape index (κ1) is 11.3. The molecule has 0 radical (unpaired) electrons. The van der Waals surface area contributed by atoms with Crippen molar-refractivity contribution in [3.05, 3.63) is 34.9 Å². The lowest BCUT2D eigenvalue weighted by molar-refractivity contribution is 0.0994. The molecule has 1 aromatic carbocycles. The summed E-state index contributed by atoms with van der Waals surface area (Å²) >= 11 is 0. The number of ketones is 1. The minimum atomic E-state index is -3.52. The Hall–Kier alpha value is -1.20. The fourth-order valence-corrected chi connectivity index (χ4v) is 2.54. The molecule has 0 amide bonds. The van der Waals surface area contributed by atoms with Crippen molar-refractivity contribution in [2.75, 3.05) is 7.11 Å². The third-order valence-corrected chi connectivity index (χ3v) is 3.89. The molecule has 0 saturated heterocycles. The lowest BCUT2D eigenvalue weighted by Gasteiger charge is -2.04. The van der Waals surface area contributed by atoms with Crippen LogP contribution in [0.5, 0.6) is 0 Å². The van der Waals surface area contributed by atoms with Crippen molar-refractivity contribution < 1.29 is 17.4 Å². The molecule has 0 spiro atoms. The molecule has 0 saturated carbocycles. The lowest BCUT2D eigenvalue weighted by atomic mass is 10.1. The predicted molar refractivity (Wildman–Crippen MR) is 58.7 cm³/mol. The molecule has 1 aliphatic carbocycles. The van der Waals surface area contributed by atoms with E-state index in [4.69, 9.17) is 0 Å². The van der Waals surface area contributed by atoms with E-state index < -0.39 is 10.1 Å². The molecule has 0 aliphatic heterocycles. The highest BCUT2D eigenvalue weighted by Gasteiger charge is 2.20. The normalized spacial score (nSPS) is 15.2. The summed E-state index contributed by atoms with van der Waals surface area (Å²) in [5.74, 6) is -0.101. The third-order valence-electron chi connectivity index (χ3n) is 2.69. The molecule has 1 aromatic rings. The summed E-state index contributed by atoms with van der Waals surface area (Å²) in [6, 6.07) is 5.20.